The molecule has 2 rings (SSSR count). The highest BCUT2D eigenvalue weighted by Crippen LogP contribution is 2.23. The molecule has 1 fully saturated rings. The average Bonchev–Trinajstić information content (AvgIpc) is 2.71. The van der Waals surface area contributed by atoms with Gasteiger partial charge in [-0.25, -0.2) is 4.39 Å². The quantitative estimate of drug-likeness (QED) is 0.724. The van der Waals surface area contributed by atoms with Gasteiger partial charge in [0.2, 0.25) is 0 Å². The van der Waals surface area contributed by atoms with E-state index in [-0.39, 0.29) is 5.82 Å². The molecule has 0 spiro atoms. The fourth-order valence-electron chi connectivity index (χ4n) is 2.34. The molecule has 1 unspecified atom stereocenters. The highest BCUT2D eigenvalue weighted by atomic mass is 79.9. The van der Waals surface area contributed by atoms with Crippen LogP contribution in [0.3, 0.4) is 0 Å². The lowest BCUT2D eigenvalue weighted by atomic mass is 10.1. The molecule has 0 bridgehead atoms. The minimum absolute atomic E-state index is 0.108. The molecule has 1 aliphatic heterocycles. The van der Waals surface area contributed by atoms with E-state index in [4.69, 9.17) is 0 Å². The number of nitrogens with zero attached hydrogens (tertiary/aromatic N) is 1. The minimum Gasteiger partial charge on any atom is -0.299 e. The monoisotopic (exact) mass is 363 g/mol. The van der Waals surface area contributed by atoms with Gasteiger partial charge in [-0.2, -0.15) is 0 Å². The van der Waals surface area contributed by atoms with E-state index in [9.17, 15) is 4.39 Å². The highest BCUT2D eigenvalue weighted by molar-refractivity contribution is 9.10. The van der Waals surface area contributed by atoms with Crippen LogP contribution in [0.15, 0.2) is 22.7 Å². The van der Waals surface area contributed by atoms with Gasteiger partial charge in [-0.15, -0.1) is 0 Å². The average molecular weight is 365 g/mol. The molecular weight excluding hydrogens is 349 g/mol. The zero-order valence-electron chi connectivity index (χ0n) is 9.63. The lowest BCUT2D eigenvalue weighted by Gasteiger charge is -2.16. The predicted molar refractivity (Wildman–Crippen MR) is 75.9 cm³/mol. The van der Waals surface area contributed by atoms with Crippen LogP contribution in [-0.2, 0) is 6.54 Å². The van der Waals surface area contributed by atoms with E-state index in [0.717, 1.165) is 40.9 Å². The zero-order valence-corrected chi connectivity index (χ0v) is 12.8. The Labute approximate surface area is 119 Å². The fourth-order valence-corrected chi connectivity index (χ4v) is 3.32. The number of alkyl halides is 1. The first-order valence-electron chi connectivity index (χ1n) is 5.91. The van der Waals surface area contributed by atoms with Gasteiger partial charge in [-0.05, 0) is 37.4 Å². The van der Waals surface area contributed by atoms with Crippen LogP contribution in [0.4, 0.5) is 4.39 Å². The van der Waals surface area contributed by atoms with Crippen molar-refractivity contribution >= 4 is 31.9 Å². The zero-order chi connectivity index (χ0) is 12.3. The third kappa shape index (κ3) is 3.76. The van der Waals surface area contributed by atoms with Crippen molar-refractivity contribution in [3.05, 3.63) is 34.1 Å². The van der Waals surface area contributed by atoms with Crippen LogP contribution < -0.4 is 0 Å². The lowest BCUT2D eigenvalue weighted by Crippen LogP contribution is -2.20. The third-order valence-corrected chi connectivity index (χ3v) is 4.25. The number of likely N-dealkylation sites (tertiary alicyclic amines) is 1. The molecule has 1 saturated heterocycles. The fraction of sp³-hybridized carbons (Fsp3) is 0.538. The van der Waals surface area contributed by atoms with Crippen molar-refractivity contribution < 1.29 is 4.39 Å². The van der Waals surface area contributed by atoms with Gasteiger partial charge in [0.25, 0.3) is 0 Å². The molecule has 1 atom stereocenters. The molecule has 1 aliphatic rings. The Balaban J connectivity index is 1.93. The van der Waals surface area contributed by atoms with Gasteiger partial charge < -0.3 is 0 Å². The number of hydrogen-bond acceptors (Lipinski definition) is 1. The molecule has 17 heavy (non-hydrogen) atoms. The second kappa shape index (κ2) is 6.30. The molecule has 0 amide bonds. The Morgan fingerprint density at radius 1 is 1.41 bits per heavy atom. The first kappa shape index (κ1) is 13.5. The maximum atomic E-state index is 13.7. The standard InChI is InChI=1S/C13H16Br2FN/c14-5-3-10-4-6-17(8-10)9-11-1-2-12(15)7-13(11)16/h1-2,7,10H,3-6,8-9H2. The molecule has 1 heterocycles. The van der Waals surface area contributed by atoms with Crippen molar-refractivity contribution in [1.29, 1.82) is 0 Å². The van der Waals surface area contributed by atoms with E-state index < -0.39 is 0 Å². The van der Waals surface area contributed by atoms with Gasteiger partial charge in [0.15, 0.2) is 0 Å². The Morgan fingerprint density at radius 2 is 2.24 bits per heavy atom. The molecular formula is C13H16Br2FN. The Kier molecular flexibility index (Phi) is 5.00. The van der Waals surface area contributed by atoms with Crippen molar-refractivity contribution in [1.82, 2.24) is 4.90 Å². The summed E-state index contributed by atoms with van der Waals surface area (Å²) in [5.74, 6) is 0.663. The number of rotatable bonds is 4. The largest absolute Gasteiger partial charge is 0.299 e. The van der Waals surface area contributed by atoms with E-state index in [1.807, 2.05) is 12.1 Å². The van der Waals surface area contributed by atoms with Crippen LogP contribution in [0.25, 0.3) is 0 Å². The summed E-state index contributed by atoms with van der Waals surface area (Å²) in [7, 11) is 0. The molecule has 0 aromatic heterocycles. The molecule has 1 nitrogen and oxygen atoms in total. The van der Waals surface area contributed by atoms with Crippen molar-refractivity contribution in [2.24, 2.45) is 5.92 Å². The molecule has 0 saturated carbocycles. The predicted octanol–water partition coefficient (Wildman–Crippen LogP) is 4.20. The second-order valence-electron chi connectivity index (χ2n) is 4.60. The molecule has 0 radical (unpaired) electrons. The maximum absolute atomic E-state index is 13.7. The number of benzene rings is 1. The molecule has 0 aliphatic carbocycles. The topological polar surface area (TPSA) is 3.24 Å². The van der Waals surface area contributed by atoms with Crippen molar-refractivity contribution in [2.75, 3.05) is 18.4 Å². The molecule has 1 aromatic rings. The first-order valence-corrected chi connectivity index (χ1v) is 7.82. The van der Waals surface area contributed by atoms with Gasteiger partial charge >= 0.3 is 0 Å². The van der Waals surface area contributed by atoms with E-state index in [2.05, 4.69) is 36.8 Å². The molecule has 0 N–H and O–H groups in total. The smallest absolute Gasteiger partial charge is 0.128 e. The van der Waals surface area contributed by atoms with Gasteiger partial charge in [0.1, 0.15) is 5.82 Å². The van der Waals surface area contributed by atoms with E-state index >= 15 is 0 Å². The van der Waals surface area contributed by atoms with E-state index in [1.165, 1.54) is 12.8 Å². The summed E-state index contributed by atoms with van der Waals surface area (Å²) < 4.78 is 14.5. The Hall–Kier alpha value is 0.0700. The Bertz CT molecular complexity index is 384. The lowest BCUT2D eigenvalue weighted by molar-refractivity contribution is 0.310. The van der Waals surface area contributed by atoms with Crippen LogP contribution in [0, 0.1) is 11.7 Å². The van der Waals surface area contributed by atoms with E-state index in [0.29, 0.717) is 0 Å². The Morgan fingerprint density at radius 3 is 2.94 bits per heavy atom. The number of hydrogen-bond donors (Lipinski definition) is 0. The second-order valence-corrected chi connectivity index (χ2v) is 6.31. The molecule has 4 heteroatoms. The third-order valence-electron chi connectivity index (χ3n) is 3.30. The highest BCUT2D eigenvalue weighted by Gasteiger charge is 2.22. The van der Waals surface area contributed by atoms with Crippen LogP contribution in [0.5, 0.6) is 0 Å². The van der Waals surface area contributed by atoms with Gasteiger partial charge in [0, 0.05) is 28.5 Å². The normalized spacial score (nSPS) is 21.0. The van der Waals surface area contributed by atoms with Crippen molar-refractivity contribution in [3.63, 3.8) is 0 Å². The summed E-state index contributed by atoms with van der Waals surface area (Å²) in [5.41, 5.74) is 0.799. The number of halogens is 3. The van der Waals surface area contributed by atoms with Gasteiger partial charge in [-0.1, -0.05) is 37.9 Å². The summed E-state index contributed by atoms with van der Waals surface area (Å²) in [4.78, 5) is 2.35. The summed E-state index contributed by atoms with van der Waals surface area (Å²) in [5, 5.41) is 1.07. The van der Waals surface area contributed by atoms with Crippen molar-refractivity contribution in [3.8, 4) is 0 Å². The van der Waals surface area contributed by atoms with Gasteiger partial charge in [-0.3, -0.25) is 4.90 Å². The van der Waals surface area contributed by atoms with Crippen LogP contribution in [0.1, 0.15) is 18.4 Å². The van der Waals surface area contributed by atoms with Crippen LogP contribution >= 0.6 is 31.9 Å². The van der Waals surface area contributed by atoms with Crippen LogP contribution in [0.2, 0.25) is 0 Å². The SMILES string of the molecule is Fc1cc(Br)ccc1CN1CCC(CCBr)C1. The maximum Gasteiger partial charge on any atom is 0.128 e. The summed E-state index contributed by atoms with van der Waals surface area (Å²) >= 11 is 6.76. The summed E-state index contributed by atoms with van der Waals surface area (Å²) in [6.07, 6.45) is 2.46. The molecule has 94 valence electrons. The minimum atomic E-state index is -0.108. The summed E-state index contributed by atoms with van der Waals surface area (Å²) in [6, 6.07) is 5.32. The van der Waals surface area contributed by atoms with Gasteiger partial charge in [0.05, 0.1) is 0 Å². The van der Waals surface area contributed by atoms with Crippen molar-refractivity contribution in [2.45, 2.75) is 19.4 Å². The molecule has 1 aromatic carbocycles. The van der Waals surface area contributed by atoms with Crippen LogP contribution in [-0.4, -0.2) is 23.3 Å². The summed E-state index contributed by atoms with van der Waals surface area (Å²) in [6.45, 7) is 2.92. The van der Waals surface area contributed by atoms with E-state index in [1.54, 1.807) is 6.07 Å². The first-order chi connectivity index (χ1) is 8.19.